The number of aliphatic imine (C=N–C) groups is 1. The van der Waals surface area contributed by atoms with E-state index in [-0.39, 0.29) is 0 Å². The van der Waals surface area contributed by atoms with Gasteiger partial charge in [-0.3, -0.25) is 9.98 Å². The molecule has 23 heavy (non-hydrogen) atoms. The maximum Gasteiger partial charge on any atom is 0.191 e. The number of aryl methyl sites for hydroxylation is 1. The van der Waals surface area contributed by atoms with E-state index < -0.39 is 0 Å². The van der Waals surface area contributed by atoms with Crippen LogP contribution in [0.5, 0.6) is 0 Å². The molecule has 0 saturated carbocycles. The molecule has 1 unspecified atom stereocenters. The molecule has 0 bridgehead atoms. The van der Waals surface area contributed by atoms with E-state index in [1.165, 1.54) is 11.1 Å². The summed E-state index contributed by atoms with van der Waals surface area (Å²) in [6, 6.07) is 15.0. The maximum atomic E-state index is 4.29. The van der Waals surface area contributed by atoms with Crippen LogP contribution in [0.3, 0.4) is 0 Å². The van der Waals surface area contributed by atoms with E-state index in [0.29, 0.717) is 6.04 Å². The molecule has 1 atom stereocenters. The quantitative estimate of drug-likeness (QED) is 0.611. The zero-order chi connectivity index (χ0) is 16.3. The van der Waals surface area contributed by atoms with Crippen LogP contribution in [0.2, 0.25) is 0 Å². The molecule has 0 radical (unpaired) electrons. The Morgan fingerprint density at radius 3 is 2.57 bits per heavy atom. The fourth-order valence-electron chi connectivity index (χ4n) is 2.40. The minimum absolute atomic E-state index is 0.375. The van der Waals surface area contributed by atoms with E-state index in [0.717, 1.165) is 31.8 Å². The summed E-state index contributed by atoms with van der Waals surface area (Å²) < 4.78 is 0. The molecule has 1 heterocycles. The van der Waals surface area contributed by atoms with Gasteiger partial charge >= 0.3 is 0 Å². The number of aromatic nitrogens is 1. The molecule has 0 saturated heterocycles. The Balaban J connectivity index is 1.69. The van der Waals surface area contributed by atoms with E-state index in [9.17, 15) is 0 Å². The highest BCUT2D eigenvalue weighted by molar-refractivity contribution is 5.79. The van der Waals surface area contributed by atoms with Crippen LogP contribution in [0.15, 0.2) is 59.9 Å². The van der Waals surface area contributed by atoms with Gasteiger partial charge in [0.25, 0.3) is 0 Å². The summed E-state index contributed by atoms with van der Waals surface area (Å²) in [7, 11) is 1.81. The van der Waals surface area contributed by atoms with Crippen molar-refractivity contribution in [3.63, 3.8) is 0 Å². The van der Waals surface area contributed by atoms with Crippen LogP contribution < -0.4 is 10.6 Å². The van der Waals surface area contributed by atoms with Gasteiger partial charge in [-0.25, -0.2) is 0 Å². The van der Waals surface area contributed by atoms with Gasteiger partial charge in [-0.1, -0.05) is 36.4 Å². The van der Waals surface area contributed by atoms with Gasteiger partial charge in [0.05, 0.1) is 0 Å². The van der Waals surface area contributed by atoms with Crippen molar-refractivity contribution in [1.29, 1.82) is 0 Å². The summed E-state index contributed by atoms with van der Waals surface area (Å²) in [5, 5.41) is 6.80. The van der Waals surface area contributed by atoms with Gasteiger partial charge < -0.3 is 10.6 Å². The largest absolute Gasteiger partial charge is 0.356 e. The first-order valence-electron chi connectivity index (χ1n) is 8.18. The summed E-state index contributed by atoms with van der Waals surface area (Å²) in [5.41, 5.74) is 2.60. The molecular weight excluding hydrogens is 284 g/mol. The molecule has 4 heteroatoms. The van der Waals surface area contributed by atoms with Crippen LogP contribution in [0.4, 0.5) is 0 Å². The Labute approximate surface area is 139 Å². The molecule has 0 fully saturated rings. The van der Waals surface area contributed by atoms with Crippen molar-refractivity contribution < 1.29 is 0 Å². The zero-order valence-electron chi connectivity index (χ0n) is 14.0. The molecule has 0 amide bonds. The number of hydrogen-bond donors (Lipinski definition) is 2. The first-order chi connectivity index (χ1) is 11.3. The minimum Gasteiger partial charge on any atom is -0.356 e. The molecule has 4 nitrogen and oxygen atoms in total. The maximum absolute atomic E-state index is 4.29. The summed E-state index contributed by atoms with van der Waals surface area (Å²) in [6.45, 7) is 3.04. The molecular formula is C19H26N4. The van der Waals surface area contributed by atoms with E-state index in [1.54, 1.807) is 6.20 Å². The smallest absolute Gasteiger partial charge is 0.191 e. The average molecular weight is 310 g/mol. The molecule has 2 N–H and O–H groups in total. The normalized spacial score (nSPS) is 12.7. The topological polar surface area (TPSA) is 49.3 Å². The van der Waals surface area contributed by atoms with Crippen molar-refractivity contribution in [2.24, 2.45) is 4.99 Å². The minimum atomic E-state index is 0.375. The van der Waals surface area contributed by atoms with Crippen molar-refractivity contribution in [2.45, 2.75) is 32.2 Å². The molecule has 0 aliphatic carbocycles. The summed E-state index contributed by atoms with van der Waals surface area (Å²) in [6.07, 6.45) is 6.79. The SMILES string of the molecule is CN=C(NCCc1cccnc1)NC(C)CCc1ccccc1. The van der Waals surface area contributed by atoms with Gasteiger partial charge in [0.2, 0.25) is 0 Å². The lowest BCUT2D eigenvalue weighted by Crippen LogP contribution is -2.43. The first-order valence-corrected chi connectivity index (χ1v) is 8.18. The van der Waals surface area contributed by atoms with Crippen molar-refractivity contribution >= 4 is 5.96 Å². The Hall–Kier alpha value is -2.36. The molecule has 122 valence electrons. The van der Waals surface area contributed by atoms with Crippen molar-refractivity contribution in [3.05, 3.63) is 66.0 Å². The second-order valence-corrected chi connectivity index (χ2v) is 5.68. The standard InChI is InChI=1S/C19H26N4/c1-16(10-11-17-7-4-3-5-8-17)23-19(20-2)22-14-12-18-9-6-13-21-15-18/h3-9,13,15-16H,10-12,14H2,1-2H3,(H2,20,22,23). The zero-order valence-corrected chi connectivity index (χ0v) is 14.0. The Bertz CT molecular complexity index is 581. The number of nitrogens with one attached hydrogen (secondary N) is 2. The van der Waals surface area contributed by atoms with E-state index in [2.05, 4.69) is 63.9 Å². The molecule has 2 aromatic rings. The number of guanidine groups is 1. The van der Waals surface area contributed by atoms with Crippen LogP contribution >= 0.6 is 0 Å². The molecule has 1 aromatic heterocycles. The van der Waals surface area contributed by atoms with Crippen molar-refractivity contribution in [3.8, 4) is 0 Å². The number of hydrogen-bond acceptors (Lipinski definition) is 2. The molecule has 0 aliphatic rings. The summed E-state index contributed by atoms with van der Waals surface area (Å²) >= 11 is 0. The van der Waals surface area contributed by atoms with Crippen molar-refractivity contribution in [2.75, 3.05) is 13.6 Å². The third-order valence-corrected chi connectivity index (χ3v) is 3.74. The monoisotopic (exact) mass is 310 g/mol. The van der Waals surface area contributed by atoms with Crippen LogP contribution in [0.25, 0.3) is 0 Å². The van der Waals surface area contributed by atoms with Gasteiger partial charge in [0, 0.05) is 32.0 Å². The second-order valence-electron chi connectivity index (χ2n) is 5.68. The Morgan fingerprint density at radius 2 is 1.87 bits per heavy atom. The number of benzene rings is 1. The molecule has 0 spiro atoms. The van der Waals surface area contributed by atoms with Gasteiger partial charge in [-0.05, 0) is 43.4 Å². The lowest BCUT2D eigenvalue weighted by Gasteiger charge is -2.18. The average Bonchev–Trinajstić information content (AvgIpc) is 2.61. The first kappa shape index (κ1) is 17.0. The van der Waals surface area contributed by atoms with Gasteiger partial charge in [-0.2, -0.15) is 0 Å². The van der Waals surface area contributed by atoms with Crippen LogP contribution in [0, 0.1) is 0 Å². The summed E-state index contributed by atoms with van der Waals surface area (Å²) in [4.78, 5) is 8.42. The Kier molecular flexibility index (Phi) is 7.11. The molecule has 2 rings (SSSR count). The highest BCUT2D eigenvalue weighted by Gasteiger charge is 2.05. The fraction of sp³-hybridized carbons (Fsp3) is 0.368. The molecule has 1 aromatic carbocycles. The Morgan fingerprint density at radius 1 is 1.09 bits per heavy atom. The van der Waals surface area contributed by atoms with E-state index >= 15 is 0 Å². The highest BCUT2D eigenvalue weighted by atomic mass is 15.2. The number of rotatable bonds is 7. The van der Waals surface area contributed by atoms with Crippen LogP contribution in [-0.2, 0) is 12.8 Å². The fourth-order valence-corrected chi connectivity index (χ4v) is 2.40. The van der Waals surface area contributed by atoms with Crippen LogP contribution in [0.1, 0.15) is 24.5 Å². The van der Waals surface area contributed by atoms with E-state index in [1.807, 2.05) is 19.3 Å². The lowest BCUT2D eigenvalue weighted by atomic mass is 10.1. The third-order valence-electron chi connectivity index (χ3n) is 3.74. The molecule has 0 aliphatic heterocycles. The summed E-state index contributed by atoms with van der Waals surface area (Å²) in [5.74, 6) is 0.856. The second kappa shape index (κ2) is 9.62. The highest BCUT2D eigenvalue weighted by Crippen LogP contribution is 2.04. The predicted octanol–water partition coefficient (Wildman–Crippen LogP) is 2.81. The van der Waals surface area contributed by atoms with Gasteiger partial charge in [-0.15, -0.1) is 0 Å². The lowest BCUT2D eigenvalue weighted by molar-refractivity contribution is 0.593. The van der Waals surface area contributed by atoms with Crippen molar-refractivity contribution in [1.82, 2.24) is 15.6 Å². The predicted molar refractivity (Wildman–Crippen MR) is 96.7 cm³/mol. The van der Waals surface area contributed by atoms with Crippen LogP contribution in [-0.4, -0.2) is 30.6 Å². The van der Waals surface area contributed by atoms with E-state index in [4.69, 9.17) is 0 Å². The van der Waals surface area contributed by atoms with Gasteiger partial charge in [0.15, 0.2) is 5.96 Å². The number of nitrogens with zero attached hydrogens (tertiary/aromatic N) is 2. The third kappa shape index (κ3) is 6.51. The number of pyridine rings is 1. The van der Waals surface area contributed by atoms with Gasteiger partial charge in [0.1, 0.15) is 0 Å².